The van der Waals surface area contributed by atoms with Gasteiger partial charge in [0.25, 0.3) is 0 Å². The average molecular weight is 337 g/mol. The molecular formula is C21H27N3O. The van der Waals surface area contributed by atoms with Crippen LogP contribution in [-0.2, 0) is 11.3 Å². The summed E-state index contributed by atoms with van der Waals surface area (Å²) in [6.07, 6.45) is 12.9. The lowest BCUT2D eigenvalue weighted by Gasteiger charge is -2.56. The molecule has 0 spiro atoms. The van der Waals surface area contributed by atoms with Gasteiger partial charge in [0.15, 0.2) is 0 Å². The van der Waals surface area contributed by atoms with Crippen molar-refractivity contribution in [3.05, 3.63) is 35.8 Å². The maximum atomic E-state index is 12.6. The van der Waals surface area contributed by atoms with Gasteiger partial charge in [0.1, 0.15) is 5.65 Å². The fourth-order valence-electron chi connectivity index (χ4n) is 6.32. The summed E-state index contributed by atoms with van der Waals surface area (Å²) in [6.45, 7) is 2.60. The highest BCUT2D eigenvalue weighted by atomic mass is 16.1. The molecule has 25 heavy (non-hydrogen) atoms. The zero-order chi connectivity index (χ0) is 17.0. The minimum atomic E-state index is 0.218. The van der Waals surface area contributed by atoms with Gasteiger partial charge in [0.05, 0.1) is 12.2 Å². The van der Waals surface area contributed by atoms with Crippen molar-refractivity contribution < 1.29 is 4.79 Å². The van der Waals surface area contributed by atoms with Gasteiger partial charge in [-0.15, -0.1) is 0 Å². The van der Waals surface area contributed by atoms with Crippen molar-refractivity contribution in [1.29, 1.82) is 0 Å². The number of nitrogens with one attached hydrogen (secondary N) is 1. The minimum absolute atomic E-state index is 0.218. The SMILES string of the molecule is Cc1ccn2cc(CNC(=O)CC34CC5CC(CC(C5)C3)C4)nc2c1. The Morgan fingerprint density at radius 3 is 2.60 bits per heavy atom. The number of carbonyl (C=O) groups excluding carboxylic acids is 1. The molecule has 4 saturated carbocycles. The first-order chi connectivity index (χ1) is 12.1. The summed E-state index contributed by atoms with van der Waals surface area (Å²) in [5.74, 6) is 2.93. The molecule has 4 heteroatoms. The Morgan fingerprint density at radius 2 is 1.92 bits per heavy atom. The van der Waals surface area contributed by atoms with Crippen molar-refractivity contribution in [1.82, 2.24) is 14.7 Å². The molecule has 2 aromatic rings. The monoisotopic (exact) mass is 337 g/mol. The van der Waals surface area contributed by atoms with Crippen LogP contribution in [0.5, 0.6) is 0 Å². The molecule has 4 bridgehead atoms. The lowest BCUT2D eigenvalue weighted by Crippen LogP contribution is -2.47. The zero-order valence-corrected chi connectivity index (χ0v) is 15.0. The molecule has 1 N–H and O–H groups in total. The van der Waals surface area contributed by atoms with Gasteiger partial charge in [0, 0.05) is 18.8 Å². The summed E-state index contributed by atoms with van der Waals surface area (Å²) in [5.41, 5.74) is 3.40. The minimum Gasteiger partial charge on any atom is -0.350 e. The van der Waals surface area contributed by atoms with Crippen molar-refractivity contribution in [3.8, 4) is 0 Å². The van der Waals surface area contributed by atoms with Crippen molar-refractivity contribution >= 4 is 11.6 Å². The molecule has 0 unspecified atom stereocenters. The van der Waals surface area contributed by atoms with Crippen LogP contribution >= 0.6 is 0 Å². The predicted octanol–water partition coefficient (Wildman–Crippen LogP) is 3.87. The lowest BCUT2D eigenvalue weighted by atomic mass is 9.49. The van der Waals surface area contributed by atoms with Crippen LogP contribution in [0.4, 0.5) is 0 Å². The molecule has 0 radical (unpaired) electrons. The first-order valence-corrected chi connectivity index (χ1v) is 9.78. The lowest BCUT2D eigenvalue weighted by molar-refractivity contribution is -0.129. The van der Waals surface area contributed by atoms with Crippen molar-refractivity contribution in [3.63, 3.8) is 0 Å². The van der Waals surface area contributed by atoms with Gasteiger partial charge in [-0.05, 0) is 86.3 Å². The van der Waals surface area contributed by atoms with Crippen molar-refractivity contribution in [2.45, 2.75) is 58.4 Å². The van der Waals surface area contributed by atoms with E-state index in [1.807, 2.05) is 16.8 Å². The van der Waals surface area contributed by atoms with Crippen LogP contribution in [0.1, 0.15) is 56.2 Å². The summed E-state index contributed by atoms with van der Waals surface area (Å²) >= 11 is 0. The van der Waals surface area contributed by atoms with Crippen LogP contribution in [0.25, 0.3) is 5.65 Å². The summed E-state index contributed by atoms with van der Waals surface area (Å²) < 4.78 is 2.02. The van der Waals surface area contributed by atoms with E-state index in [9.17, 15) is 4.79 Å². The normalized spacial score (nSPS) is 33.1. The number of rotatable bonds is 4. The molecular weight excluding hydrogens is 310 g/mol. The van der Waals surface area contributed by atoms with Gasteiger partial charge < -0.3 is 9.72 Å². The van der Waals surface area contributed by atoms with E-state index in [1.54, 1.807) is 0 Å². The number of nitrogens with zero attached hydrogens (tertiary/aromatic N) is 2. The number of pyridine rings is 1. The maximum absolute atomic E-state index is 12.6. The molecule has 2 aromatic heterocycles. The second-order valence-corrected chi connectivity index (χ2v) is 9.07. The van der Waals surface area contributed by atoms with E-state index in [1.165, 1.54) is 44.1 Å². The van der Waals surface area contributed by atoms with Gasteiger partial charge in [-0.1, -0.05) is 0 Å². The van der Waals surface area contributed by atoms with Crippen LogP contribution in [0.2, 0.25) is 0 Å². The largest absolute Gasteiger partial charge is 0.350 e. The average Bonchev–Trinajstić information content (AvgIpc) is 2.93. The van der Waals surface area contributed by atoms with Gasteiger partial charge >= 0.3 is 0 Å². The number of fused-ring (bicyclic) bond motifs is 1. The number of imidazole rings is 1. The molecule has 2 heterocycles. The third-order valence-corrected chi connectivity index (χ3v) is 6.83. The van der Waals surface area contributed by atoms with E-state index in [0.717, 1.165) is 35.5 Å². The highest BCUT2D eigenvalue weighted by molar-refractivity contribution is 5.76. The number of carbonyl (C=O) groups is 1. The molecule has 132 valence electrons. The molecule has 4 aliphatic carbocycles. The van der Waals surface area contributed by atoms with Gasteiger partial charge in [-0.2, -0.15) is 0 Å². The summed E-state index contributed by atoms with van der Waals surface area (Å²) in [4.78, 5) is 17.2. The van der Waals surface area contributed by atoms with Crippen LogP contribution < -0.4 is 5.32 Å². The van der Waals surface area contributed by atoms with Gasteiger partial charge in [-0.25, -0.2) is 4.98 Å². The van der Waals surface area contributed by atoms with Gasteiger partial charge in [-0.3, -0.25) is 4.79 Å². The number of hydrogen-bond acceptors (Lipinski definition) is 2. The standard InChI is InChI=1S/C21H27N3O/c1-14-2-3-24-13-18(23-19(24)4-14)12-22-20(25)11-21-8-15-5-16(9-21)7-17(6-15)10-21/h2-4,13,15-17H,5-12H2,1H3,(H,22,25). The predicted molar refractivity (Wildman–Crippen MR) is 97.0 cm³/mol. The third-order valence-electron chi connectivity index (χ3n) is 6.83. The Labute approximate surface area is 149 Å². The Morgan fingerprint density at radius 1 is 1.24 bits per heavy atom. The number of aromatic nitrogens is 2. The maximum Gasteiger partial charge on any atom is 0.220 e. The summed E-state index contributed by atoms with van der Waals surface area (Å²) in [5, 5.41) is 3.13. The molecule has 4 fully saturated rings. The second kappa shape index (κ2) is 5.58. The molecule has 0 atom stereocenters. The van der Waals surface area contributed by atoms with E-state index in [4.69, 9.17) is 0 Å². The first-order valence-electron chi connectivity index (χ1n) is 9.78. The third kappa shape index (κ3) is 2.86. The smallest absolute Gasteiger partial charge is 0.220 e. The van der Waals surface area contributed by atoms with E-state index >= 15 is 0 Å². The first kappa shape index (κ1) is 15.4. The van der Waals surface area contributed by atoms with Crippen LogP contribution in [0.15, 0.2) is 24.5 Å². The summed E-state index contributed by atoms with van der Waals surface area (Å²) in [7, 11) is 0. The quantitative estimate of drug-likeness (QED) is 0.921. The van der Waals surface area contributed by atoms with E-state index in [-0.39, 0.29) is 5.91 Å². The van der Waals surface area contributed by atoms with E-state index < -0.39 is 0 Å². The Balaban J connectivity index is 1.23. The van der Waals surface area contributed by atoms with E-state index in [2.05, 4.69) is 29.4 Å². The molecule has 0 aliphatic heterocycles. The van der Waals surface area contributed by atoms with Crippen LogP contribution in [-0.4, -0.2) is 15.3 Å². The fourth-order valence-corrected chi connectivity index (χ4v) is 6.32. The second-order valence-electron chi connectivity index (χ2n) is 9.07. The molecule has 0 aromatic carbocycles. The highest BCUT2D eigenvalue weighted by Crippen LogP contribution is 2.61. The Bertz CT molecular complexity index is 786. The van der Waals surface area contributed by atoms with Crippen molar-refractivity contribution in [2.24, 2.45) is 23.2 Å². The summed E-state index contributed by atoms with van der Waals surface area (Å²) in [6, 6.07) is 4.14. The molecule has 6 rings (SSSR count). The number of hydrogen-bond donors (Lipinski definition) is 1. The van der Waals surface area contributed by atoms with E-state index in [0.29, 0.717) is 12.0 Å². The fraction of sp³-hybridized carbons (Fsp3) is 0.619. The van der Waals surface area contributed by atoms with Crippen LogP contribution in [0, 0.1) is 30.1 Å². The Kier molecular flexibility index (Phi) is 3.44. The molecule has 4 aliphatic rings. The Hall–Kier alpha value is -1.84. The molecule has 1 amide bonds. The molecule has 4 nitrogen and oxygen atoms in total. The highest BCUT2D eigenvalue weighted by Gasteiger charge is 2.51. The van der Waals surface area contributed by atoms with Crippen molar-refractivity contribution in [2.75, 3.05) is 0 Å². The topological polar surface area (TPSA) is 46.4 Å². The molecule has 0 saturated heterocycles. The zero-order valence-electron chi connectivity index (χ0n) is 15.0. The number of amides is 1. The van der Waals surface area contributed by atoms with Gasteiger partial charge in [0.2, 0.25) is 5.91 Å². The number of aryl methyl sites for hydroxylation is 1. The van der Waals surface area contributed by atoms with Crippen LogP contribution in [0.3, 0.4) is 0 Å².